The van der Waals surface area contributed by atoms with E-state index in [0.717, 1.165) is 30.8 Å². The summed E-state index contributed by atoms with van der Waals surface area (Å²) < 4.78 is 0. The number of piperidine rings is 1. The second-order valence-corrected chi connectivity index (χ2v) is 8.13. The lowest BCUT2D eigenvalue weighted by molar-refractivity contribution is -0.115. The molecule has 0 spiro atoms. The molecule has 1 saturated heterocycles. The molecule has 4 nitrogen and oxygen atoms in total. The second kappa shape index (κ2) is 7.95. The number of anilines is 1. The molecule has 23 heavy (non-hydrogen) atoms. The maximum Gasteiger partial charge on any atom is 0.239 e. The van der Waals surface area contributed by atoms with E-state index in [9.17, 15) is 4.79 Å². The van der Waals surface area contributed by atoms with Gasteiger partial charge in [0.25, 0.3) is 0 Å². The predicted octanol–water partition coefficient (Wildman–Crippen LogP) is 3.73. The smallest absolute Gasteiger partial charge is 0.239 e. The fourth-order valence-electron chi connectivity index (χ4n) is 2.60. The summed E-state index contributed by atoms with van der Waals surface area (Å²) in [6.45, 7) is 4.05. The summed E-state index contributed by atoms with van der Waals surface area (Å²) in [7, 11) is 0. The Morgan fingerprint density at radius 3 is 2.83 bits per heavy atom. The number of hydrogen-bond acceptors (Lipinski definition) is 5. The quantitative estimate of drug-likeness (QED) is 0.809. The molecule has 0 aliphatic carbocycles. The molecule has 6 heteroatoms. The summed E-state index contributed by atoms with van der Waals surface area (Å²) in [6, 6.07) is 9.99. The van der Waals surface area contributed by atoms with E-state index >= 15 is 0 Å². The Bertz CT molecular complexity index is 638. The minimum Gasteiger partial charge on any atom is -0.317 e. The van der Waals surface area contributed by atoms with Crippen LogP contribution in [0.5, 0.6) is 0 Å². The Labute approximate surface area is 145 Å². The highest BCUT2D eigenvalue weighted by Crippen LogP contribution is 2.32. The van der Waals surface area contributed by atoms with Gasteiger partial charge in [-0.05, 0) is 50.9 Å². The number of nitrogens with one attached hydrogen (secondary N) is 2. The lowest BCUT2D eigenvalue weighted by Crippen LogP contribution is -2.26. The van der Waals surface area contributed by atoms with Crippen LogP contribution in [-0.2, 0) is 4.79 Å². The third kappa shape index (κ3) is 4.56. The number of hydrogen-bond donors (Lipinski definition) is 2. The van der Waals surface area contributed by atoms with Gasteiger partial charge in [-0.15, -0.1) is 23.1 Å². The normalized spacial score (nSPS) is 16.9. The molecule has 0 saturated carbocycles. The maximum absolute atomic E-state index is 12.3. The zero-order valence-electron chi connectivity index (χ0n) is 13.1. The molecule has 2 aromatic rings. The van der Waals surface area contributed by atoms with E-state index in [2.05, 4.69) is 15.6 Å². The fraction of sp³-hybridized carbons (Fsp3) is 0.412. The van der Waals surface area contributed by atoms with E-state index in [1.807, 2.05) is 43.5 Å². The first kappa shape index (κ1) is 16.5. The van der Waals surface area contributed by atoms with E-state index in [4.69, 9.17) is 0 Å². The van der Waals surface area contributed by atoms with Gasteiger partial charge in [0.15, 0.2) is 5.13 Å². The van der Waals surface area contributed by atoms with Crippen molar-refractivity contribution in [3.8, 4) is 0 Å². The van der Waals surface area contributed by atoms with Crippen LogP contribution < -0.4 is 10.6 Å². The molecule has 1 amide bonds. The Balaban J connectivity index is 1.56. The van der Waals surface area contributed by atoms with Crippen molar-refractivity contribution >= 4 is 34.1 Å². The van der Waals surface area contributed by atoms with Crippen molar-refractivity contribution < 1.29 is 4.79 Å². The molecular formula is C17H21N3OS2. The predicted molar refractivity (Wildman–Crippen MR) is 97.3 cm³/mol. The summed E-state index contributed by atoms with van der Waals surface area (Å²) in [5.74, 6) is 0.584. The molecule has 1 fully saturated rings. The van der Waals surface area contributed by atoms with E-state index in [0.29, 0.717) is 11.0 Å². The first-order chi connectivity index (χ1) is 11.2. The lowest BCUT2D eigenvalue weighted by Gasteiger charge is -2.20. The summed E-state index contributed by atoms with van der Waals surface area (Å²) >= 11 is 3.17. The first-order valence-electron chi connectivity index (χ1n) is 7.91. The molecule has 3 rings (SSSR count). The van der Waals surface area contributed by atoms with Crippen molar-refractivity contribution in [2.45, 2.75) is 35.8 Å². The van der Waals surface area contributed by atoms with Gasteiger partial charge in [-0.1, -0.05) is 18.2 Å². The van der Waals surface area contributed by atoms with Gasteiger partial charge < -0.3 is 10.6 Å². The average molecular weight is 348 g/mol. The molecule has 1 atom stereocenters. The van der Waals surface area contributed by atoms with Gasteiger partial charge >= 0.3 is 0 Å². The van der Waals surface area contributed by atoms with Crippen LogP contribution in [0, 0.1) is 0 Å². The topological polar surface area (TPSA) is 54.0 Å². The summed E-state index contributed by atoms with van der Waals surface area (Å²) in [4.78, 5) is 19.1. The highest BCUT2D eigenvalue weighted by Gasteiger charge is 2.20. The Morgan fingerprint density at radius 2 is 2.09 bits per heavy atom. The van der Waals surface area contributed by atoms with Crippen LogP contribution in [0.4, 0.5) is 5.13 Å². The highest BCUT2D eigenvalue weighted by molar-refractivity contribution is 8.00. The number of aromatic nitrogens is 1. The van der Waals surface area contributed by atoms with Crippen molar-refractivity contribution in [1.29, 1.82) is 0 Å². The zero-order valence-corrected chi connectivity index (χ0v) is 14.8. The Hall–Kier alpha value is -1.37. The van der Waals surface area contributed by atoms with Crippen molar-refractivity contribution in [3.63, 3.8) is 0 Å². The first-order valence-corrected chi connectivity index (χ1v) is 9.61. The van der Waals surface area contributed by atoms with E-state index < -0.39 is 0 Å². The lowest BCUT2D eigenvalue weighted by atomic mass is 9.97. The van der Waals surface area contributed by atoms with Crippen molar-refractivity contribution in [2.75, 3.05) is 18.4 Å². The molecule has 1 aromatic heterocycles. The maximum atomic E-state index is 12.3. The molecule has 2 heterocycles. The van der Waals surface area contributed by atoms with Crippen LogP contribution in [-0.4, -0.2) is 29.2 Å². The van der Waals surface area contributed by atoms with Gasteiger partial charge in [-0.25, -0.2) is 4.98 Å². The van der Waals surface area contributed by atoms with Crippen molar-refractivity contribution in [2.24, 2.45) is 0 Å². The monoisotopic (exact) mass is 347 g/mol. The Morgan fingerprint density at radius 1 is 1.35 bits per heavy atom. The van der Waals surface area contributed by atoms with Crippen molar-refractivity contribution in [3.05, 3.63) is 41.4 Å². The number of rotatable bonds is 5. The molecule has 1 aliphatic rings. The van der Waals surface area contributed by atoms with Crippen LogP contribution in [0.2, 0.25) is 0 Å². The zero-order chi connectivity index (χ0) is 16.1. The number of thioether (sulfide) groups is 1. The van der Waals surface area contributed by atoms with Crippen LogP contribution in [0.3, 0.4) is 0 Å². The van der Waals surface area contributed by atoms with E-state index in [-0.39, 0.29) is 11.2 Å². The van der Waals surface area contributed by atoms with Crippen LogP contribution in [0.1, 0.15) is 30.6 Å². The third-order valence-corrected chi connectivity index (χ3v) is 6.11. The van der Waals surface area contributed by atoms with Crippen LogP contribution in [0.15, 0.2) is 41.4 Å². The van der Waals surface area contributed by atoms with E-state index in [1.165, 1.54) is 4.88 Å². The number of thiazole rings is 1. The molecule has 0 bridgehead atoms. The van der Waals surface area contributed by atoms with Gasteiger partial charge in [0.2, 0.25) is 5.91 Å². The number of benzene rings is 1. The molecule has 122 valence electrons. The van der Waals surface area contributed by atoms with Crippen molar-refractivity contribution in [1.82, 2.24) is 10.3 Å². The molecule has 1 unspecified atom stereocenters. The minimum absolute atomic E-state index is 0.00469. The van der Waals surface area contributed by atoms with E-state index in [1.54, 1.807) is 23.1 Å². The van der Waals surface area contributed by atoms with Gasteiger partial charge in [0.1, 0.15) is 0 Å². The van der Waals surface area contributed by atoms with Gasteiger partial charge in [-0.2, -0.15) is 0 Å². The van der Waals surface area contributed by atoms with Gasteiger partial charge in [0.05, 0.1) is 5.25 Å². The summed E-state index contributed by atoms with van der Waals surface area (Å²) in [6.07, 6.45) is 4.22. The second-order valence-electron chi connectivity index (χ2n) is 5.65. The summed E-state index contributed by atoms with van der Waals surface area (Å²) in [5, 5.41) is 6.89. The molecule has 0 radical (unpaired) electrons. The largest absolute Gasteiger partial charge is 0.317 e. The number of nitrogens with zero attached hydrogens (tertiary/aromatic N) is 1. The standard InChI is InChI=1S/C17H21N3OS2/c1-12(22-14-5-3-2-4-6-14)16(21)20-17-19-11-15(23-17)13-7-9-18-10-8-13/h2-6,11-13,18H,7-10H2,1H3,(H,19,20,21). The third-order valence-electron chi connectivity index (χ3n) is 3.92. The van der Waals surface area contributed by atoms with Gasteiger partial charge in [0, 0.05) is 16.0 Å². The molecule has 1 aliphatic heterocycles. The number of amides is 1. The fourth-order valence-corrected chi connectivity index (χ4v) is 4.48. The molecule has 2 N–H and O–H groups in total. The number of carbonyl (C=O) groups is 1. The molecular weight excluding hydrogens is 326 g/mol. The SMILES string of the molecule is CC(Sc1ccccc1)C(=O)Nc1ncc(C2CCNCC2)s1. The van der Waals surface area contributed by atoms with Gasteiger partial charge in [-0.3, -0.25) is 4.79 Å². The summed E-state index contributed by atoms with van der Waals surface area (Å²) in [5.41, 5.74) is 0. The minimum atomic E-state index is -0.149. The van der Waals surface area contributed by atoms with Crippen LogP contribution in [0.25, 0.3) is 0 Å². The number of carbonyl (C=O) groups excluding carboxylic acids is 1. The molecule has 1 aromatic carbocycles. The Kier molecular flexibility index (Phi) is 5.70. The van der Waals surface area contributed by atoms with Crippen LogP contribution >= 0.6 is 23.1 Å². The highest BCUT2D eigenvalue weighted by atomic mass is 32.2. The average Bonchev–Trinajstić information content (AvgIpc) is 3.05.